The van der Waals surface area contributed by atoms with E-state index in [2.05, 4.69) is 57.0 Å². The van der Waals surface area contributed by atoms with E-state index >= 15 is 0 Å². The molecule has 1 N–H and O–H groups in total. The van der Waals surface area contributed by atoms with Crippen molar-refractivity contribution in [3.05, 3.63) is 57.6 Å². The van der Waals surface area contributed by atoms with E-state index < -0.39 is 0 Å². The summed E-state index contributed by atoms with van der Waals surface area (Å²) in [6.07, 6.45) is 0. The highest BCUT2D eigenvalue weighted by molar-refractivity contribution is 9.10. The first-order chi connectivity index (χ1) is 14.0. The zero-order chi connectivity index (χ0) is 20.4. The molecule has 0 radical (unpaired) electrons. The molecular weight excluding hydrogens is 448 g/mol. The van der Waals surface area contributed by atoms with Gasteiger partial charge in [0, 0.05) is 49.3 Å². The third kappa shape index (κ3) is 4.79. The molecule has 0 bridgehead atoms. The van der Waals surface area contributed by atoms with Crippen molar-refractivity contribution in [1.29, 1.82) is 0 Å². The van der Waals surface area contributed by atoms with Gasteiger partial charge in [-0.1, -0.05) is 33.3 Å². The van der Waals surface area contributed by atoms with E-state index in [1.807, 2.05) is 24.3 Å². The summed E-state index contributed by atoms with van der Waals surface area (Å²) >= 11 is 5.19. The van der Waals surface area contributed by atoms with Gasteiger partial charge in [-0.05, 0) is 55.3 Å². The molecule has 2 aromatic carbocycles. The monoisotopic (exact) mass is 472 g/mol. The van der Waals surface area contributed by atoms with E-state index in [-0.39, 0.29) is 5.91 Å². The van der Waals surface area contributed by atoms with Crippen molar-refractivity contribution < 1.29 is 4.79 Å². The Morgan fingerprint density at radius 1 is 1.14 bits per heavy atom. The third-order valence-corrected chi connectivity index (χ3v) is 7.07. The molecule has 1 fully saturated rings. The molecule has 4 rings (SSSR count). The zero-order valence-electron chi connectivity index (χ0n) is 16.7. The van der Waals surface area contributed by atoms with Gasteiger partial charge in [-0.25, -0.2) is 4.98 Å². The number of aryl methyl sites for hydroxylation is 2. The average molecular weight is 473 g/mol. The minimum Gasteiger partial charge on any atom is -0.351 e. The van der Waals surface area contributed by atoms with Crippen LogP contribution in [0.5, 0.6) is 0 Å². The Bertz CT molecular complexity index is 1010. The first-order valence-electron chi connectivity index (χ1n) is 9.88. The number of amides is 1. The van der Waals surface area contributed by atoms with Gasteiger partial charge in [-0.3, -0.25) is 9.69 Å². The van der Waals surface area contributed by atoms with Crippen molar-refractivity contribution >= 4 is 48.5 Å². The summed E-state index contributed by atoms with van der Waals surface area (Å²) in [5.41, 5.74) is 4.38. The van der Waals surface area contributed by atoms with Gasteiger partial charge in [0.1, 0.15) is 0 Å². The summed E-state index contributed by atoms with van der Waals surface area (Å²) in [7, 11) is 0. The number of carbonyl (C=O) groups excluding carboxylic acids is 1. The Morgan fingerprint density at radius 2 is 1.86 bits per heavy atom. The maximum Gasteiger partial charge on any atom is 0.251 e. The highest BCUT2D eigenvalue weighted by atomic mass is 79.9. The maximum absolute atomic E-state index is 12.2. The fraction of sp³-hybridized carbons (Fsp3) is 0.364. The van der Waals surface area contributed by atoms with Crippen LogP contribution in [0.15, 0.2) is 40.9 Å². The van der Waals surface area contributed by atoms with Crippen LogP contribution in [0.25, 0.3) is 10.2 Å². The molecule has 0 unspecified atom stereocenters. The highest BCUT2D eigenvalue weighted by Crippen LogP contribution is 2.32. The predicted octanol–water partition coefficient (Wildman–Crippen LogP) is 4.23. The van der Waals surface area contributed by atoms with Crippen LogP contribution in [-0.4, -0.2) is 55.1 Å². The molecule has 1 saturated heterocycles. The van der Waals surface area contributed by atoms with Gasteiger partial charge in [-0.2, -0.15) is 0 Å². The molecule has 1 aliphatic heterocycles. The molecule has 152 valence electrons. The lowest BCUT2D eigenvalue weighted by Gasteiger charge is -2.34. The number of rotatable bonds is 5. The number of nitrogens with one attached hydrogen (secondary N) is 1. The van der Waals surface area contributed by atoms with Crippen molar-refractivity contribution in [3.8, 4) is 0 Å². The first kappa shape index (κ1) is 20.3. The second-order valence-electron chi connectivity index (χ2n) is 7.52. The number of hydrogen-bond donors (Lipinski definition) is 1. The molecule has 7 heteroatoms. The lowest BCUT2D eigenvalue weighted by molar-refractivity contribution is 0.0948. The van der Waals surface area contributed by atoms with E-state index in [9.17, 15) is 4.79 Å². The van der Waals surface area contributed by atoms with Crippen molar-refractivity contribution in [3.63, 3.8) is 0 Å². The summed E-state index contributed by atoms with van der Waals surface area (Å²) in [4.78, 5) is 21.9. The second kappa shape index (κ2) is 8.81. The molecule has 0 saturated carbocycles. The average Bonchev–Trinajstić information content (AvgIpc) is 3.13. The van der Waals surface area contributed by atoms with E-state index in [0.717, 1.165) is 47.8 Å². The molecular formula is C22H25BrN4OS. The van der Waals surface area contributed by atoms with Crippen LogP contribution < -0.4 is 10.2 Å². The fourth-order valence-corrected chi connectivity index (χ4v) is 5.03. The lowest BCUT2D eigenvalue weighted by atomic mass is 10.1. The van der Waals surface area contributed by atoms with Crippen LogP contribution >= 0.6 is 27.3 Å². The van der Waals surface area contributed by atoms with Crippen molar-refractivity contribution in [2.24, 2.45) is 0 Å². The number of thiazole rings is 1. The zero-order valence-corrected chi connectivity index (χ0v) is 19.1. The van der Waals surface area contributed by atoms with E-state index in [1.165, 1.54) is 15.8 Å². The number of aromatic nitrogens is 1. The summed E-state index contributed by atoms with van der Waals surface area (Å²) in [6.45, 7) is 9.74. The topological polar surface area (TPSA) is 48.5 Å². The molecule has 1 aliphatic rings. The molecule has 1 amide bonds. The second-order valence-corrected chi connectivity index (χ2v) is 9.41. The van der Waals surface area contributed by atoms with Crippen LogP contribution in [0.4, 0.5) is 5.13 Å². The minimum absolute atomic E-state index is 0.0173. The normalized spacial score (nSPS) is 15.1. The van der Waals surface area contributed by atoms with Gasteiger partial charge in [0.05, 0.1) is 10.2 Å². The molecule has 0 atom stereocenters. The number of carbonyl (C=O) groups is 1. The van der Waals surface area contributed by atoms with Gasteiger partial charge in [0.25, 0.3) is 5.91 Å². The van der Waals surface area contributed by atoms with Gasteiger partial charge >= 0.3 is 0 Å². The SMILES string of the molecule is Cc1cc(C)c2sc(N3CCN(CCNC(=O)c4ccc(Br)cc4)CC3)nc2c1. The lowest BCUT2D eigenvalue weighted by Crippen LogP contribution is -2.48. The van der Waals surface area contributed by atoms with E-state index in [0.29, 0.717) is 12.1 Å². The van der Waals surface area contributed by atoms with Gasteiger partial charge in [0.15, 0.2) is 5.13 Å². The van der Waals surface area contributed by atoms with E-state index in [4.69, 9.17) is 4.98 Å². The maximum atomic E-state index is 12.2. The molecule has 29 heavy (non-hydrogen) atoms. The number of hydrogen-bond acceptors (Lipinski definition) is 5. The van der Waals surface area contributed by atoms with Gasteiger partial charge < -0.3 is 10.2 Å². The van der Waals surface area contributed by atoms with Gasteiger partial charge in [0.2, 0.25) is 0 Å². The Balaban J connectivity index is 1.27. The minimum atomic E-state index is -0.0173. The van der Waals surface area contributed by atoms with Crippen LogP contribution in [0.2, 0.25) is 0 Å². The number of piperazine rings is 1. The van der Waals surface area contributed by atoms with Crippen LogP contribution in [-0.2, 0) is 0 Å². The Hall–Kier alpha value is -1.96. The number of benzene rings is 2. The van der Waals surface area contributed by atoms with Crippen molar-refractivity contribution in [1.82, 2.24) is 15.2 Å². The summed E-state index contributed by atoms with van der Waals surface area (Å²) < 4.78 is 2.27. The molecule has 2 heterocycles. The van der Waals surface area contributed by atoms with E-state index in [1.54, 1.807) is 11.3 Å². The summed E-state index contributed by atoms with van der Waals surface area (Å²) in [6, 6.07) is 11.8. The Morgan fingerprint density at radius 3 is 2.59 bits per heavy atom. The Kier molecular flexibility index (Phi) is 6.18. The van der Waals surface area contributed by atoms with Crippen LogP contribution in [0, 0.1) is 13.8 Å². The predicted molar refractivity (Wildman–Crippen MR) is 124 cm³/mol. The van der Waals surface area contributed by atoms with Crippen molar-refractivity contribution in [2.75, 3.05) is 44.2 Å². The standard InChI is InChI=1S/C22H25BrN4OS/c1-15-13-16(2)20-19(14-15)25-22(29-20)27-11-9-26(10-12-27)8-7-24-21(28)17-3-5-18(23)6-4-17/h3-6,13-14H,7-12H2,1-2H3,(H,24,28). The quantitative estimate of drug-likeness (QED) is 0.603. The van der Waals surface area contributed by atoms with Crippen molar-refractivity contribution in [2.45, 2.75) is 13.8 Å². The largest absolute Gasteiger partial charge is 0.351 e. The number of anilines is 1. The number of nitrogens with zero attached hydrogens (tertiary/aromatic N) is 3. The molecule has 0 spiro atoms. The highest BCUT2D eigenvalue weighted by Gasteiger charge is 2.20. The summed E-state index contributed by atoms with van der Waals surface area (Å²) in [5, 5.41) is 4.14. The fourth-order valence-electron chi connectivity index (χ4n) is 3.69. The molecule has 0 aliphatic carbocycles. The number of fused-ring (bicyclic) bond motifs is 1. The van der Waals surface area contributed by atoms with Gasteiger partial charge in [-0.15, -0.1) is 0 Å². The van der Waals surface area contributed by atoms with Crippen LogP contribution in [0.1, 0.15) is 21.5 Å². The third-order valence-electron chi connectivity index (χ3n) is 5.27. The number of halogens is 1. The molecule has 1 aromatic heterocycles. The molecule has 3 aromatic rings. The van der Waals surface area contributed by atoms with Crippen LogP contribution in [0.3, 0.4) is 0 Å². The first-order valence-corrected chi connectivity index (χ1v) is 11.5. The smallest absolute Gasteiger partial charge is 0.251 e. The molecule has 5 nitrogen and oxygen atoms in total. The summed E-state index contributed by atoms with van der Waals surface area (Å²) in [5.74, 6) is -0.0173. The Labute approximate surface area is 183 Å².